The largest absolute Gasteiger partial charge is 0.494 e. The molecule has 1 atom stereocenters. The topological polar surface area (TPSA) is 75.3 Å². The average Bonchev–Trinajstić information content (AvgIpc) is 3.19. The summed E-state index contributed by atoms with van der Waals surface area (Å²) in [4.78, 5) is 17.0. The van der Waals surface area contributed by atoms with Gasteiger partial charge in [-0.1, -0.05) is 6.07 Å². The second-order valence-corrected chi connectivity index (χ2v) is 9.13. The summed E-state index contributed by atoms with van der Waals surface area (Å²) in [6.07, 6.45) is 0.582. The molecule has 0 aromatic heterocycles. The molecule has 1 amide bonds. The predicted octanol–water partition coefficient (Wildman–Crippen LogP) is 3.39. The van der Waals surface area contributed by atoms with E-state index in [0.29, 0.717) is 6.61 Å². The number of benzene rings is 2. The van der Waals surface area contributed by atoms with Gasteiger partial charge in [-0.2, -0.15) is 0 Å². The molecule has 35 heavy (non-hydrogen) atoms. The van der Waals surface area contributed by atoms with Gasteiger partial charge in [0.2, 0.25) is 5.91 Å². The number of morpholine rings is 1. The lowest BCUT2D eigenvalue weighted by Gasteiger charge is -2.27. The monoisotopic (exact) mass is 486 g/mol. The van der Waals surface area contributed by atoms with Gasteiger partial charge in [0.1, 0.15) is 11.9 Å². The van der Waals surface area contributed by atoms with Crippen molar-refractivity contribution < 1.29 is 23.4 Å². The van der Waals surface area contributed by atoms with Crippen molar-refractivity contribution in [1.82, 2.24) is 10.2 Å². The molecule has 1 fully saturated rings. The van der Waals surface area contributed by atoms with Crippen LogP contribution in [0.15, 0.2) is 36.4 Å². The maximum atomic E-state index is 14.0. The molecule has 1 unspecified atom stereocenters. The molecular weight excluding hydrogens is 451 g/mol. The van der Waals surface area contributed by atoms with E-state index in [1.165, 1.54) is 13.2 Å². The van der Waals surface area contributed by atoms with Crippen LogP contribution in [0.1, 0.15) is 32.0 Å². The molecule has 2 aromatic rings. The van der Waals surface area contributed by atoms with Gasteiger partial charge in [0, 0.05) is 31.7 Å². The fraction of sp³-hybridized carbons (Fsp3) is 0.500. The first kappa shape index (κ1) is 25.1. The SMILES string of the molecule is COc1cc(C2Nc3cc(OCCCN4CCOCC4)ccc3N2CC(=O)NC(C)C)ccc1F. The molecule has 9 heteroatoms. The Morgan fingerprint density at radius 3 is 2.77 bits per heavy atom. The highest BCUT2D eigenvalue weighted by Gasteiger charge is 2.32. The van der Waals surface area contributed by atoms with Crippen LogP contribution in [-0.4, -0.2) is 70.0 Å². The van der Waals surface area contributed by atoms with Crippen LogP contribution in [0.25, 0.3) is 0 Å². The summed E-state index contributed by atoms with van der Waals surface area (Å²) in [5.74, 6) is 0.416. The Balaban J connectivity index is 1.47. The van der Waals surface area contributed by atoms with Crippen LogP contribution in [0.3, 0.4) is 0 Å². The third-order valence-electron chi connectivity index (χ3n) is 6.13. The lowest BCUT2D eigenvalue weighted by molar-refractivity contribution is -0.120. The highest BCUT2D eigenvalue weighted by Crippen LogP contribution is 2.43. The first-order valence-electron chi connectivity index (χ1n) is 12.2. The van der Waals surface area contributed by atoms with Crippen molar-refractivity contribution >= 4 is 17.3 Å². The molecule has 8 nitrogen and oxygen atoms in total. The summed E-state index contributed by atoms with van der Waals surface area (Å²) in [6.45, 7) is 9.15. The Hall–Kier alpha value is -3.04. The number of hydrogen-bond acceptors (Lipinski definition) is 7. The number of rotatable bonds is 10. The van der Waals surface area contributed by atoms with Crippen LogP contribution in [0, 0.1) is 5.82 Å². The number of ether oxygens (including phenoxy) is 3. The van der Waals surface area contributed by atoms with Gasteiger partial charge >= 0.3 is 0 Å². The van der Waals surface area contributed by atoms with Crippen LogP contribution >= 0.6 is 0 Å². The third kappa shape index (κ3) is 6.35. The minimum atomic E-state index is -0.427. The fourth-order valence-corrected chi connectivity index (χ4v) is 4.45. The normalized spacial score (nSPS) is 17.7. The van der Waals surface area contributed by atoms with Crippen molar-refractivity contribution in [3.8, 4) is 11.5 Å². The molecule has 2 aliphatic rings. The van der Waals surface area contributed by atoms with E-state index >= 15 is 0 Å². The Morgan fingerprint density at radius 2 is 2.03 bits per heavy atom. The van der Waals surface area contributed by atoms with Crippen molar-refractivity contribution in [2.24, 2.45) is 0 Å². The van der Waals surface area contributed by atoms with Gasteiger partial charge in [0.25, 0.3) is 0 Å². The van der Waals surface area contributed by atoms with Crippen LogP contribution in [-0.2, 0) is 9.53 Å². The molecule has 0 bridgehead atoms. The molecule has 0 radical (unpaired) electrons. The Labute approximate surface area is 206 Å². The first-order chi connectivity index (χ1) is 16.9. The Kier molecular flexibility index (Phi) is 8.30. The molecule has 2 heterocycles. The van der Waals surface area contributed by atoms with Crippen LogP contribution in [0.2, 0.25) is 0 Å². The lowest BCUT2D eigenvalue weighted by atomic mass is 10.1. The van der Waals surface area contributed by atoms with Crippen molar-refractivity contribution in [2.75, 3.05) is 63.3 Å². The summed E-state index contributed by atoms with van der Waals surface area (Å²) in [5, 5.41) is 6.43. The van der Waals surface area contributed by atoms with E-state index in [1.54, 1.807) is 12.1 Å². The van der Waals surface area contributed by atoms with Crippen molar-refractivity contribution in [1.29, 1.82) is 0 Å². The fourth-order valence-electron chi connectivity index (χ4n) is 4.45. The van der Waals surface area contributed by atoms with Crippen molar-refractivity contribution in [3.63, 3.8) is 0 Å². The third-order valence-corrected chi connectivity index (χ3v) is 6.13. The van der Waals surface area contributed by atoms with Crippen molar-refractivity contribution in [2.45, 2.75) is 32.5 Å². The van der Waals surface area contributed by atoms with Crippen molar-refractivity contribution in [3.05, 3.63) is 47.8 Å². The number of methoxy groups -OCH3 is 1. The van der Waals surface area contributed by atoms with Crippen LogP contribution in [0.4, 0.5) is 15.8 Å². The standard InChI is InChI=1S/C26H35FN4O4/c1-18(2)28-25(32)17-31-23-8-6-20(35-12-4-9-30-10-13-34-14-11-30)16-22(23)29-26(31)19-5-7-21(27)24(15-19)33-3/h5-8,15-16,18,26,29H,4,9-14,17H2,1-3H3,(H,28,32). The molecule has 0 spiro atoms. The van der Waals surface area contributed by atoms with E-state index in [-0.39, 0.29) is 30.4 Å². The number of nitrogens with zero attached hydrogens (tertiary/aromatic N) is 2. The van der Waals surface area contributed by atoms with E-state index in [0.717, 1.165) is 62.0 Å². The zero-order valence-electron chi connectivity index (χ0n) is 20.7. The average molecular weight is 487 g/mol. The van der Waals surface area contributed by atoms with E-state index in [2.05, 4.69) is 15.5 Å². The summed E-state index contributed by atoms with van der Waals surface area (Å²) in [7, 11) is 1.44. The predicted molar refractivity (Wildman–Crippen MR) is 134 cm³/mol. The molecule has 2 aliphatic heterocycles. The van der Waals surface area contributed by atoms with Gasteiger partial charge in [-0.25, -0.2) is 4.39 Å². The van der Waals surface area contributed by atoms with Crippen LogP contribution < -0.4 is 25.0 Å². The van der Waals surface area contributed by atoms with Gasteiger partial charge in [-0.05, 0) is 50.1 Å². The number of nitrogens with one attached hydrogen (secondary N) is 2. The number of hydrogen-bond donors (Lipinski definition) is 2. The number of amides is 1. The minimum Gasteiger partial charge on any atom is -0.494 e. The molecule has 2 N–H and O–H groups in total. The molecule has 2 aromatic carbocycles. The zero-order chi connectivity index (χ0) is 24.8. The molecule has 0 saturated carbocycles. The maximum absolute atomic E-state index is 14.0. The van der Waals surface area contributed by atoms with Gasteiger partial charge in [-0.3, -0.25) is 9.69 Å². The number of halogens is 1. The zero-order valence-corrected chi connectivity index (χ0v) is 20.7. The number of carbonyl (C=O) groups is 1. The minimum absolute atomic E-state index is 0.0372. The summed E-state index contributed by atoms with van der Waals surface area (Å²) in [6, 6.07) is 10.6. The maximum Gasteiger partial charge on any atom is 0.239 e. The number of carbonyl (C=O) groups excluding carboxylic acids is 1. The molecule has 1 saturated heterocycles. The van der Waals surface area contributed by atoms with E-state index in [9.17, 15) is 9.18 Å². The van der Waals surface area contributed by atoms with E-state index in [4.69, 9.17) is 14.2 Å². The second kappa shape index (κ2) is 11.6. The number of anilines is 2. The molecule has 4 rings (SSSR count). The summed E-state index contributed by atoms with van der Waals surface area (Å²) >= 11 is 0. The lowest BCUT2D eigenvalue weighted by Crippen LogP contribution is -2.41. The quantitative estimate of drug-likeness (QED) is 0.499. The molecular formula is C26H35FN4O4. The summed E-state index contributed by atoms with van der Waals surface area (Å²) < 4.78 is 30.6. The van der Waals surface area contributed by atoms with Gasteiger partial charge < -0.3 is 29.7 Å². The second-order valence-electron chi connectivity index (χ2n) is 9.13. The highest BCUT2D eigenvalue weighted by molar-refractivity contribution is 5.87. The van der Waals surface area contributed by atoms with E-state index in [1.807, 2.05) is 36.9 Å². The summed E-state index contributed by atoms with van der Waals surface area (Å²) in [5.41, 5.74) is 2.55. The smallest absolute Gasteiger partial charge is 0.239 e. The highest BCUT2D eigenvalue weighted by atomic mass is 19.1. The molecule has 0 aliphatic carbocycles. The Bertz CT molecular complexity index is 1010. The van der Waals surface area contributed by atoms with Gasteiger partial charge in [-0.15, -0.1) is 0 Å². The van der Waals surface area contributed by atoms with Crippen LogP contribution in [0.5, 0.6) is 11.5 Å². The number of fused-ring (bicyclic) bond motifs is 1. The first-order valence-corrected chi connectivity index (χ1v) is 12.2. The molecule has 190 valence electrons. The Morgan fingerprint density at radius 1 is 1.23 bits per heavy atom. The van der Waals surface area contributed by atoms with Gasteiger partial charge in [0.15, 0.2) is 11.6 Å². The van der Waals surface area contributed by atoms with E-state index < -0.39 is 5.82 Å². The van der Waals surface area contributed by atoms with Gasteiger partial charge in [0.05, 0.1) is 44.8 Å².